The van der Waals surface area contributed by atoms with E-state index < -0.39 is 0 Å². The summed E-state index contributed by atoms with van der Waals surface area (Å²) in [6.45, 7) is 6.97. The molecule has 0 radical (unpaired) electrons. The number of aryl methyl sites for hydroxylation is 1. The molecule has 86 valence electrons. The SMILES string of the molecule is Cc1cnc2cc(C(CN)C(C)C)nn2c1. The minimum absolute atomic E-state index is 0.307. The predicted octanol–water partition coefficient (Wildman–Crippen LogP) is 1.74. The number of nitrogens with zero attached hydrogens (tertiary/aromatic N) is 3. The lowest BCUT2D eigenvalue weighted by atomic mass is 9.93. The maximum Gasteiger partial charge on any atom is 0.155 e. The number of nitrogens with two attached hydrogens (primary N) is 1. The number of rotatable bonds is 3. The molecule has 0 bridgehead atoms. The first-order valence-corrected chi connectivity index (χ1v) is 5.64. The normalized spacial score (nSPS) is 13.6. The fraction of sp³-hybridized carbons (Fsp3) is 0.500. The molecule has 16 heavy (non-hydrogen) atoms. The third kappa shape index (κ3) is 1.93. The second-order valence-electron chi connectivity index (χ2n) is 4.59. The van der Waals surface area contributed by atoms with Crippen LogP contribution in [0.25, 0.3) is 5.65 Å². The number of aromatic nitrogens is 3. The highest BCUT2D eigenvalue weighted by Gasteiger charge is 2.17. The molecular formula is C12H18N4. The Morgan fingerprint density at radius 2 is 2.19 bits per heavy atom. The Balaban J connectivity index is 2.45. The van der Waals surface area contributed by atoms with Crippen LogP contribution in [0.2, 0.25) is 0 Å². The summed E-state index contributed by atoms with van der Waals surface area (Å²) in [5.74, 6) is 0.804. The Hall–Kier alpha value is -1.42. The molecule has 0 aliphatic rings. The fourth-order valence-electron chi connectivity index (χ4n) is 1.90. The molecule has 2 N–H and O–H groups in total. The molecule has 2 heterocycles. The van der Waals surface area contributed by atoms with Gasteiger partial charge in [-0.25, -0.2) is 9.50 Å². The molecule has 1 atom stereocenters. The third-order valence-electron chi connectivity index (χ3n) is 2.90. The summed E-state index contributed by atoms with van der Waals surface area (Å²) >= 11 is 0. The van der Waals surface area contributed by atoms with E-state index in [4.69, 9.17) is 5.73 Å². The van der Waals surface area contributed by atoms with Gasteiger partial charge < -0.3 is 5.73 Å². The van der Waals surface area contributed by atoms with E-state index in [9.17, 15) is 0 Å². The summed E-state index contributed by atoms with van der Waals surface area (Å²) in [5, 5.41) is 4.54. The first kappa shape index (κ1) is 11.1. The smallest absolute Gasteiger partial charge is 0.155 e. The number of hydrogen-bond acceptors (Lipinski definition) is 3. The van der Waals surface area contributed by atoms with Gasteiger partial charge in [0.25, 0.3) is 0 Å². The van der Waals surface area contributed by atoms with Crippen molar-refractivity contribution in [3.05, 3.63) is 29.7 Å². The van der Waals surface area contributed by atoms with Crippen molar-refractivity contribution in [2.75, 3.05) is 6.54 Å². The average Bonchev–Trinajstić information content (AvgIpc) is 2.60. The van der Waals surface area contributed by atoms with Gasteiger partial charge in [0.2, 0.25) is 0 Å². The van der Waals surface area contributed by atoms with Gasteiger partial charge in [-0.1, -0.05) is 13.8 Å². The molecule has 2 aromatic rings. The highest BCUT2D eigenvalue weighted by atomic mass is 15.2. The molecule has 1 unspecified atom stereocenters. The molecule has 0 aromatic carbocycles. The zero-order chi connectivity index (χ0) is 11.7. The largest absolute Gasteiger partial charge is 0.330 e. The van der Waals surface area contributed by atoms with Crippen LogP contribution in [0.15, 0.2) is 18.5 Å². The van der Waals surface area contributed by atoms with E-state index in [-0.39, 0.29) is 0 Å². The van der Waals surface area contributed by atoms with E-state index in [1.165, 1.54) is 0 Å². The molecule has 0 amide bonds. The second-order valence-corrected chi connectivity index (χ2v) is 4.59. The fourth-order valence-corrected chi connectivity index (χ4v) is 1.90. The minimum atomic E-state index is 0.307. The minimum Gasteiger partial charge on any atom is -0.330 e. The summed E-state index contributed by atoms with van der Waals surface area (Å²) in [6.07, 6.45) is 3.84. The van der Waals surface area contributed by atoms with Gasteiger partial charge in [-0.15, -0.1) is 0 Å². The van der Waals surface area contributed by atoms with Crippen LogP contribution in [0.1, 0.15) is 31.0 Å². The maximum atomic E-state index is 5.79. The predicted molar refractivity (Wildman–Crippen MR) is 64.4 cm³/mol. The molecule has 0 spiro atoms. The van der Waals surface area contributed by atoms with E-state index in [1.54, 1.807) is 0 Å². The second kappa shape index (κ2) is 4.22. The van der Waals surface area contributed by atoms with Crippen LogP contribution in [0.5, 0.6) is 0 Å². The van der Waals surface area contributed by atoms with Gasteiger partial charge in [0.05, 0.1) is 5.69 Å². The number of fused-ring (bicyclic) bond motifs is 1. The zero-order valence-electron chi connectivity index (χ0n) is 10.0. The number of hydrogen-bond donors (Lipinski definition) is 1. The van der Waals surface area contributed by atoms with Crippen LogP contribution in [0.3, 0.4) is 0 Å². The topological polar surface area (TPSA) is 56.2 Å². The maximum absolute atomic E-state index is 5.79. The van der Waals surface area contributed by atoms with Gasteiger partial charge in [0, 0.05) is 30.9 Å². The molecule has 2 rings (SSSR count). The van der Waals surface area contributed by atoms with Gasteiger partial charge >= 0.3 is 0 Å². The lowest BCUT2D eigenvalue weighted by Crippen LogP contribution is -2.18. The van der Waals surface area contributed by atoms with Gasteiger partial charge in [0.1, 0.15) is 0 Å². The highest BCUT2D eigenvalue weighted by Crippen LogP contribution is 2.22. The van der Waals surface area contributed by atoms with Crippen molar-refractivity contribution in [2.45, 2.75) is 26.7 Å². The Morgan fingerprint density at radius 1 is 1.44 bits per heavy atom. The summed E-state index contributed by atoms with van der Waals surface area (Å²) < 4.78 is 1.83. The summed E-state index contributed by atoms with van der Waals surface area (Å²) in [7, 11) is 0. The third-order valence-corrected chi connectivity index (χ3v) is 2.90. The summed E-state index contributed by atoms with van der Waals surface area (Å²) in [5.41, 5.74) is 8.82. The van der Waals surface area contributed by atoms with Gasteiger partial charge in [-0.2, -0.15) is 5.10 Å². The quantitative estimate of drug-likeness (QED) is 0.853. The van der Waals surface area contributed by atoms with Crippen LogP contribution in [-0.4, -0.2) is 21.1 Å². The van der Waals surface area contributed by atoms with Crippen molar-refractivity contribution in [3.63, 3.8) is 0 Å². The Morgan fingerprint density at radius 3 is 2.81 bits per heavy atom. The van der Waals surface area contributed by atoms with Crippen molar-refractivity contribution in [1.82, 2.24) is 14.6 Å². The van der Waals surface area contributed by atoms with Crippen molar-refractivity contribution in [3.8, 4) is 0 Å². The summed E-state index contributed by atoms with van der Waals surface area (Å²) in [6, 6.07) is 2.02. The Bertz CT molecular complexity index is 487. The summed E-state index contributed by atoms with van der Waals surface area (Å²) in [4.78, 5) is 4.34. The van der Waals surface area contributed by atoms with E-state index >= 15 is 0 Å². The van der Waals surface area contributed by atoms with Crippen LogP contribution in [0, 0.1) is 12.8 Å². The van der Waals surface area contributed by atoms with Crippen LogP contribution in [0.4, 0.5) is 0 Å². The van der Waals surface area contributed by atoms with E-state index in [2.05, 4.69) is 23.9 Å². The van der Waals surface area contributed by atoms with Crippen molar-refractivity contribution in [2.24, 2.45) is 11.7 Å². The lowest BCUT2D eigenvalue weighted by molar-refractivity contribution is 0.493. The van der Waals surface area contributed by atoms with Crippen LogP contribution < -0.4 is 5.73 Å². The molecule has 4 heteroatoms. The van der Waals surface area contributed by atoms with Crippen molar-refractivity contribution >= 4 is 5.65 Å². The molecule has 0 saturated heterocycles. The van der Waals surface area contributed by atoms with E-state index in [0.717, 1.165) is 16.9 Å². The van der Waals surface area contributed by atoms with Gasteiger partial charge in [-0.05, 0) is 18.4 Å². The standard InChI is InChI=1S/C12H18N4/c1-8(2)10(5-13)11-4-12-14-6-9(3)7-16(12)15-11/h4,6-8,10H,5,13H2,1-3H3. The van der Waals surface area contributed by atoms with Crippen LogP contribution >= 0.6 is 0 Å². The lowest BCUT2D eigenvalue weighted by Gasteiger charge is -2.15. The monoisotopic (exact) mass is 218 g/mol. The Labute approximate surface area is 95.5 Å². The first-order valence-electron chi connectivity index (χ1n) is 5.64. The zero-order valence-corrected chi connectivity index (χ0v) is 10.0. The first-order chi connectivity index (χ1) is 7.61. The highest BCUT2D eigenvalue weighted by molar-refractivity contribution is 5.40. The van der Waals surface area contributed by atoms with Crippen molar-refractivity contribution < 1.29 is 0 Å². The van der Waals surface area contributed by atoms with Crippen molar-refractivity contribution in [1.29, 1.82) is 0 Å². The molecule has 0 aliphatic carbocycles. The van der Waals surface area contributed by atoms with E-state index in [1.807, 2.05) is 29.9 Å². The van der Waals surface area contributed by atoms with Gasteiger partial charge in [0.15, 0.2) is 5.65 Å². The van der Waals surface area contributed by atoms with Crippen LogP contribution in [-0.2, 0) is 0 Å². The molecule has 0 aliphatic heterocycles. The molecule has 0 fully saturated rings. The molecule has 4 nitrogen and oxygen atoms in total. The Kier molecular flexibility index (Phi) is 2.92. The van der Waals surface area contributed by atoms with E-state index in [0.29, 0.717) is 18.4 Å². The average molecular weight is 218 g/mol. The molecule has 2 aromatic heterocycles. The molecule has 0 saturated carbocycles. The molecular weight excluding hydrogens is 200 g/mol. The van der Waals surface area contributed by atoms with Gasteiger partial charge in [-0.3, -0.25) is 0 Å².